The molecule has 0 atom stereocenters. The number of hydrogen-bond donors (Lipinski definition) is 2. The van der Waals surface area contributed by atoms with Crippen molar-refractivity contribution >= 4 is 29.9 Å². The first-order chi connectivity index (χ1) is 13.1. The Morgan fingerprint density at radius 1 is 1.25 bits per heavy atom. The third-order valence-corrected chi connectivity index (χ3v) is 3.98. The summed E-state index contributed by atoms with van der Waals surface area (Å²) >= 11 is 0. The summed E-state index contributed by atoms with van der Waals surface area (Å²) in [5, 5.41) is 6.43. The number of aromatic nitrogens is 2. The number of imidazole rings is 1. The van der Waals surface area contributed by atoms with Gasteiger partial charge < -0.3 is 19.9 Å². The molecular formula is C19H28F2IN5O. The van der Waals surface area contributed by atoms with Crippen molar-refractivity contribution in [1.82, 2.24) is 20.2 Å². The van der Waals surface area contributed by atoms with Crippen molar-refractivity contribution in [3.05, 3.63) is 48.0 Å². The fourth-order valence-electron chi connectivity index (χ4n) is 2.61. The molecule has 0 bridgehead atoms. The number of benzene rings is 1. The van der Waals surface area contributed by atoms with Gasteiger partial charge in [-0.1, -0.05) is 18.2 Å². The Kier molecular flexibility index (Phi) is 11.5. The predicted molar refractivity (Wildman–Crippen MR) is 118 cm³/mol. The average Bonchev–Trinajstić information content (AvgIpc) is 3.05. The lowest BCUT2D eigenvalue weighted by atomic mass is 10.2. The first-order valence-corrected chi connectivity index (χ1v) is 9.12. The molecule has 1 aromatic carbocycles. The van der Waals surface area contributed by atoms with Gasteiger partial charge in [-0.25, -0.2) is 9.98 Å². The molecule has 0 spiro atoms. The molecule has 0 saturated carbocycles. The number of halogens is 3. The van der Waals surface area contributed by atoms with E-state index in [-0.39, 0.29) is 36.3 Å². The van der Waals surface area contributed by atoms with E-state index in [2.05, 4.69) is 29.9 Å². The van der Waals surface area contributed by atoms with Crippen LogP contribution in [0.1, 0.15) is 31.2 Å². The van der Waals surface area contributed by atoms with Crippen LogP contribution in [0.5, 0.6) is 5.75 Å². The summed E-state index contributed by atoms with van der Waals surface area (Å²) in [5.74, 6) is 1.83. The van der Waals surface area contributed by atoms with Crippen molar-refractivity contribution in [2.75, 3.05) is 13.1 Å². The molecule has 2 N–H and O–H groups in total. The standard InChI is InChI=1S/C19H27F2N5O.HI/c1-3-22-19(24-10-6-7-12-26-13-11-23-15(26)2)25-14-16-8-4-5-9-17(16)27-18(20)21;/h4-5,8-9,11,13,18H,3,6-7,10,12,14H2,1-2H3,(H2,22,24,25);1H. The zero-order chi connectivity index (χ0) is 19.5. The minimum Gasteiger partial charge on any atom is -0.434 e. The lowest BCUT2D eigenvalue weighted by Gasteiger charge is -2.13. The first-order valence-electron chi connectivity index (χ1n) is 9.12. The zero-order valence-electron chi connectivity index (χ0n) is 16.2. The van der Waals surface area contributed by atoms with Crippen molar-refractivity contribution < 1.29 is 13.5 Å². The van der Waals surface area contributed by atoms with Gasteiger partial charge >= 0.3 is 6.61 Å². The van der Waals surface area contributed by atoms with Gasteiger partial charge in [0.2, 0.25) is 0 Å². The van der Waals surface area contributed by atoms with E-state index in [9.17, 15) is 8.78 Å². The predicted octanol–water partition coefficient (Wildman–Crippen LogP) is 3.95. The molecule has 6 nitrogen and oxygen atoms in total. The number of aliphatic imine (C=N–C) groups is 1. The van der Waals surface area contributed by atoms with Gasteiger partial charge in [0.25, 0.3) is 0 Å². The summed E-state index contributed by atoms with van der Waals surface area (Å²) in [4.78, 5) is 8.67. The Morgan fingerprint density at radius 2 is 2.04 bits per heavy atom. The van der Waals surface area contributed by atoms with Gasteiger partial charge in [0.1, 0.15) is 11.6 Å². The van der Waals surface area contributed by atoms with Crippen LogP contribution in [0, 0.1) is 6.92 Å². The molecule has 1 aromatic heterocycles. The lowest BCUT2D eigenvalue weighted by Crippen LogP contribution is -2.37. The molecule has 2 aromatic rings. The summed E-state index contributed by atoms with van der Waals surface area (Å²) in [6.07, 6.45) is 5.79. The monoisotopic (exact) mass is 507 g/mol. The van der Waals surface area contributed by atoms with Crippen LogP contribution in [0.4, 0.5) is 8.78 Å². The Labute approximate surface area is 181 Å². The maximum atomic E-state index is 12.5. The number of nitrogens with one attached hydrogen (secondary N) is 2. The highest BCUT2D eigenvalue weighted by molar-refractivity contribution is 14.0. The fourth-order valence-corrected chi connectivity index (χ4v) is 2.61. The molecule has 0 fully saturated rings. The molecule has 0 saturated heterocycles. The number of para-hydroxylation sites is 1. The molecule has 0 unspecified atom stereocenters. The lowest BCUT2D eigenvalue weighted by molar-refractivity contribution is -0.0504. The summed E-state index contributed by atoms with van der Waals surface area (Å²) in [7, 11) is 0. The smallest absolute Gasteiger partial charge is 0.387 e. The second-order valence-electron chi connectivity index (χ2n) is 5.98. The topological polar surface area (TPSA) is 63.5 Å². The van der Waals surface area contributed by atoms with Crippen LogP contribution in [-0.2, 0) is 13.1 Å². The maximum absolute atomic E-state index is 12.5. The molecule has 0 aliphatic carbocycles. The number of hydrogen-bond acceptors (Lipinski definition) is 3. The third-order valence-electron chi connectivity index (χ3n) is 3.98. The van der Waals surface area contributed by atoms with Gasteiger partial charge in [-0.2, -0.15) is 8.78 Å². The molecule has 9 heteroatoms. The molecule has 28 heavy (non-hydrogen) atoms. The van der Waals surface area contributed by atoms with Gasteiger partial charge in [0.05, 0.1) is 6.54 Å². The molecule has 2 rings (SSSR count). The molecule has 1 heterocycles. The van der Waals surface area contributed by atoms with E-state index in [1.807, 2.05) is 20.0 Å². The number of guanidine groups is 1. The Balaban J connectivity index is 0.00000392. The SMILES string of the molecule is CCNC(=NCc1ccccc1OC(F)F)NCCCCn1ccnc1C.I. The van der Waals surface area contributed by atoms with Crippen LogP contribution in [0.3, 0.4) is 0 Å². The quantitative estimate of drug-likeness (QED) is 0.221. The van der Waals surface area contributed by atoms with E-state index >= 15 is 0 Å². The van der Waals surface area contributed by atoms with Gasteiger partial charge in [-0.15, -0.1) is 24.0 Å². The number of alkyl halides is 2. The average molecular weight is 507 g/mol. The molecule has 156 valence electrons. The number of nitrogens with zero attached hydrogens (tertiary/aromatic N) is 3. The molecule has 0 radical (unpaired) electrons. The summed E-state index contributed by atoms with van der Waals surface area (Å²) in [6.45, 7) is 3.80. The van der Waals surface area contributed by atoms with Gasteiger partial charge in [0.15, 0.2) is 5.96 Å². The molecular weight excluding hydrogens is 479 g/mol. The van der Waals surface area contributed by atoms with Crippen molar-refractivity contribution in [2.24, 2.45) is 4.99 Å². The molecule has 0 amide bonds. The second kappa shape index (κ2) is 13.3. The van der Waals surface area contributed by atoms with E-state index in [1.165, 1.54) is 6.07 Å². The van der Waals surface area contributed by atoms with Crippen molar-refractivity contribution in [3.63, 3.8) is 0 Å². The van der Waals surface area contributed by atoms with Crippen LogP contribution in [-0.4, -0.2) is 35.2 Å². The maximum Gasteiger partial charge on any atom is 0.387 e. The first kappa shape index (κ1) is 24.1. The minimum atomic E-state index is -2.85. The van der Waals surface area contributed by atoms with E-state index in [0.717, 1.165) is 38.3 Å². The largest absolute Gasteiger partial charge is 0.434 e. The highest BCUT2D eigenvalue weighted by Crippen LogP contribution is 2.20. The van der Waals surface area contributed by atoms with E-state index < -0.39 is 6.61 Å². The molecule has 0 aliphatic heterocycles. The second-order valence-corrected chi connectivity index (χ2v) is 5.98. The normalized spacial score (nSPS) is 11.2. The number of unbranched alkanes of at least 4 members (excludes halogenated alkanes) is 1. The number of ether oxygens (including phenoxy) is 1. The van der Waals surface area contributed by atoms with E-state index in [0.29, 0.717) is 11.5 Å². The van der Waals surface area contributed by atoms with Gasteiger partial charge in [-0.3, -0.25) is 0 Å². The van der Waals surface area contributed by atoms with E-state index in [4.69, 9.17) is 0 Å². The highest BCUT2D eigenvalue weighted by atomic mass is 127. The summed E-state index contributed by atoms with van der Waals surface area (Å²) in [6, 6.07) is 6.70. The van der Waals surface area contributed by atoms with Gasteiger partial charge in [0, 0.05) is 37.6 Å². The van der Waals surface area contributed by atoms with Crippen molar-refractivity contribution in [1.29, 1.82) is 0 Å². The Bertz CT molecular complexity index is 724. The van der Waals surface area contributed by atoms with Crippen LogP contribution < -0.4 is 15.4 Å². The zero-order valence-corrected chi connectivity index (χ0v) is 18.5. The number of rotatable bonds is 10. The Hall–Kier alpha value is -1.91. The van der Waals surface area contributed by atoms with Crippen LogP contribution in [0.2, 0.25) is 0 Å². The van der Waals surface area contributed by atoms with Crippen molar-refractivity contribution in [3.8, 4) is 5.75 Å². The van der Waals surface area contributed by atoms with Crippen LogP contribution in [0.15, 0.2) is 41.7 Å². The van der Waals surface area contributed by atoms with E-state index in [1.54, 1.807) is 24.4 Å². The summed E-state index contributed by atoms with van der Waals surface area (Å²) in [5.41, 5.74) is 0.616. The summed E-state index contributed by atoms with van der Waals surface area (Å²) < 4.78 is 31.7. The van der Waals surface area contributed by atoms with Crippen LogP contribution in [0.25, 0.3) is 0 Å². The number of aryl methyl sites for hydroxylation is 2. The highest BCUT2D eigenvalue weighted by Gasteiger charge is 2.09. The fraction of sp³-hybridized carbons (Fsp3) is 0.474. The molecule has 0 aliphatic rings. The van der Waals surface area contributed by atoms with Crippen LogP contribution >= 0.6 is 24.0 Å². The van der Waals surface area contributed by atoms with Crippen molar-refractivity contribution in [2.45, 2.75) is 46.4 Å². The minimum absolute atomic E-state index is 0. The van der Waals surface area contributed by atoms with Gasteiger partial charge in [-0.05, 0) is 32.8 Å². The third kappa shape index (κ3) is 8.41. The Morgan fingerprint density at radius 3 is 2.71 bits per heavy atom.